The Hall–Kier alpha value is -4.98. The maximum Gasteiger partial charge on any atom is 0.256 e. The number of carbonyl (C=O) groups is 2. The number of H-pyrrole nitrogens is 2. The molecule has 0 atom stereocenters. The van der Waals surface area contributed by atoms with Crippen LogP contribution >= 0.6 is 0 Å². The van der Waals surface area contributed by atoms with Gasteiger partial charge in [-0.1, -0.05) is 59.7 Å². The Bertz CT molecular complexity index is 1400. The Balaban J connectivity index is 1.20. The summed E-state index contributed by atoms with van der Waals surface area (Å²) in [6.07, 6.45) is 0. The molecule has 0 saturated heterocycles. The first-order valence-corrected chi connectivity index (χ1v) is 11.4. The van der Waals surface area contributed by atoms with E-state index in [9.17, 15) is 9.59 Å². The third kappa shape index (κ3) is 5.07. The average molecular weight is 477 g/mol. The fraction of sp³-hybridized carbons (Fsp3) is 0.0714. The van der Waals surface area contributed by atoms with Crippen LogP contribution < -0.4 is 10.6 Å². The van der Waals surface area contributed by atoms with Gasteiger partial charge in [0.15, 0.2) is 11.6 Å². The van der Waals surface area contributed by atoms with E-state index in [2.05, 4.69) is 31.0 Å². The van der Waals surface area contributed by atoms with Crippen LogP contribution in [0.1, 0.15) is 31.8 Å². The molecule has 5 rings (SSSR count). The van der Waals surface area contributed by atoms with Crippen molar-refractivity contribution in [2.75, 3.05) is 10.6 Å². The second-order valence-corrected chi connectivity index (χ2v) is 8.55. The number of hydrogen-bond acceptors (Lipinski definition) is 4. The molecule has 5 aromatic rings. The van der Waals surface area contributed by atoms with Crippen molar-refractivity contribution in [2.45, 2.75) is 13.8 Å². The number of anilines is 2. The van der Waals surface area contributed by atoms with E-state index in [1.54, 1.807) is 36.4 Å². The van der Waals surface area contributed by atoms with Gasteiger partial charge in [0.25, 0.3) is 11.8 Å². The van der Waals surface area contributed by atoms with Crippen molar-refractivity contribution >= 4 is 23.5 Å². The number of nitrogens with zero attached hydrogens (tertiary/aromatic N) is 2. The molecule has 0 aliphatic carbocycles. The largest absolute Gasteiger partial charge is 0.305 e. The Morgan fingerprint density at radius 3 is 1.31 bits per heavy atom. The van der Waals surface area contributed by atoms with E-state index < -0.39 is 0 Å². The summed E-state index contributed by atoms with van der Waals surface area (Å²) < 4.78 is 0. The summed E-state index contributed by atoms with van der Waals surface area (Å²) in [5.41, 5.74) is 6.72. The molecular formula is C28H24N6O2. The Morgan fingerprint density at radius 2 is 0.944 bits per heavy atom. The monoisotopic (exact) mass is 476 g/mol. The fourth-order valence-electron chi connectivity index (χ4n) is 3.68. The number of aromatic amines is 2. The quantitative estimate of drug-likeness (QED) is 0.256. The van der Waals surface area contributed by atoms with Gasteiger partial charge in [-0.05, 0) is 49.2 Å². The van der Waals surface area contributed by atoms with E-state index in [1.165, 1.54) is 11.1 Å². The Kier molecular flexibility index (Phi) is 6.15. The van der Waals surface area contributed by atoms with Gasteiger partial charge in [0.1, 0.15) is 0 Å². The van der Waals surface area contributed by atoms with Crippen molar-refractivity contribution in [3.8, 4) is 22.5 Å². The van der Waals surface area contributed by atoms with Crippen LogP contribution in [0.2, 0.25) is 0 Å². The predicted octanol–water partition coefficient (Wildman–Crippen LogP) is 5.59. The van der Waals surface area contributed by atoms with E-state index in [0.29, 0.717) is 22.8 Å². The highest BCUT2D eigenvalue weighted by atomic mass is 16.2. The molecular weight excluding hydrogens is 452 g/mol. The van der Waals surface area contributed by atoms with Crippen LogP contribution in [0, 0.1) is 13.8 Å². The maximum absolute atomic E-state index is 12.7. The van der Waals surface area contributed by atoms with E-state index >= 15 is 0 Å². The highest BCUT2D eigenvalue weighted by Gasteiger charge is 2.13. The third-order valence-corrected chi connectivity index (χ3v) is 5.77. The lowest BCUT2D eigenvalue weighted by Crippen LogP contribution is -2.14. The van der Waals surface area contributed by atoms with Gasteiger partial charge in [-0.15, -0.1) is 0 Å². The molecule has 2 aromatic heterocycles. The topological polar surface area (TPSA) is 116 Å². The molecule has 4 N–H and O–H groups in total. The molecule has 8 nitrogen and oxygen atoms in total. The SMILES string of the molecule is Cc1ccc(-c2cc(NC(=O)c3ccc(C(=O)Nc4cc(-c5ccc(C)cc5)[nH]n4)cc3)n[nH]2)cc1. The van der Waals surface area contributed by atoms with Gasteiger partial charge in [-0.3, -0.25) is 19.8 Å². The summed E-state index contributed by atoms with van der Waals surface area (Å²) in [4.78, 5) is 25.3. The second kappa shape index (κ2) is 9.71. The smallest absolute Gasteiger partial charge is 0.256 e. The van der Waals surface area contributed by atoms with E-state index in [0.717, 1.165) is 22.5 Å². The van der Waals surface area contributed by atoms with Gasteiger partial charge in [-0.2, -0.15) is 10.2 Å². The van der Waals surface area contributed by atoms with Crippen LogP contribution in [0.15, 0.2) is 84.9 Å². The van der Waals surface area contributed by atoms with Crippen molar-refractivity contribution in [1.29, 1.82) is 0 Å². The van der Waals surface area contributed by atoms with Crippen LogP contribution in [0.4, 0.5) is 11.6 Å². The standard InChI is InChI=1S/C28H24N6O2/c1-17-3-7-19(8-4-17)23-15-25(33-31-23)29-27(35)21-11-13-22(14-12-21)28(36)30-26-16-24(32-34-26)20-9-5-18(2)6-10-20/h3-16H,1-2H3,(H2,29,31,33,35)(H2,30,32,34,36). The van der Waals surface area contributed by atoms with E-state index in [-0.39, 0.29) is 11.8 Å². The van der Waals surface area contributed by atoms with Gasteiger partial charge in [0, 0.05) is 23.3 Å². The highest BCUT2D eigenvalue weighted by molar-refractivity contribution is 6.07. The molecule has 0 fully saturated rings. The van der Waals surface area contributed by atoms with Crippen LogP contribution in [-0.4, -0.2) is 32.2 Å². The zero-order valence-electron chi connectivity index (χ0n) is 19.8. The van der Waals surface area contributed by atoms with Crippen LogP contribution in [-0.2, 0) is 0 Å². The summed E-state index contributed by atoms with van der Waals surface area (Å²) in [6, 6.07) is 26.0. The Morgan fingerprint density at radius 1 is 0.583 bits per heavy atom. The number of hydrogen-bond donors (Lipinski definition) is 4. The molecule has 0 unspecified atom stereocenters. The number of amides is 2. The molecule has 0 bridgehead atoms. The number of aromatic nitrogens is 4. The summed E-state index contributed by atoms with van der Waals surface area (Å²) in [5, 5.41) is 19.8. The lowest BCUT2D eigenvalue weighted by atomic mass is 10.1. The maximum atomic E-state index is 12.7. The molecule has 0 aliphatic heterocycles. The number of carbonyl (C=O) groups excluding carboxylic acids is 2. The van der Waals surface area contributed by atoms with Crippen molar-refractivity contribution in [3.63, 3.8) is 0 Å². The lowest BCUT2D eigenvalue weighted by Gasteiger charge is -2.04. The summed E-state index contributed by atoms with van der Waals surface area (Å²) >= 11 is 0. The molecule has 2 heterocycles. The minimum absolute atomic E-state index is 0.320. The van der Waals surface area contributed by atoms with Gasteiger partial charge in [0.2, 0.25) is 0 Å². The third-order valence-electron chi connectivity index (χ3n) is 5.77. The molecule has 3 aromatic carbocycles. The molecule has 2 amide bonds. The van der Waals surface area contributed by atoms with Crippen LogP contribution in [0.3, 0.4) is 0 Å². The van der Waals surface area contributed by atoms with Crippen molar-refractivity contribution < 1.29 is 9.59 Å². The van der Waals surface area contributed by atoms with Crippen molar-refractivity contribution in [1.82, 2.24) is 20.4 Å². The van der Waals surface area contributed by atoms with Crippen molar-refractivity contribution in [2.24, 2.45) is 0 Å². The zero-order valence-corrected chi connectivity index (χ0v) is 19.8. The Labute approximate surface area is 207 Å². The summed E-state index contributed by atoms with van der Waals surface area (Å²) in [5.74, 6) is 0.193. The molecule has 8 heteroatoms. The van der Waals surface area contributed by atoms with Gasteiger partial charge in [-0.25, -0.2) is 0 Å². The summed E-state index contributed by atoms with van der Waals surface area (Å²) in [7, 11) is 0. The first-order chi connectivity index (χ1) is 17.4. The van der Waals surface area contributed by atoms with Crippen LogP contribution in [0.5, 0.6) is 0 Å². The van der Waals surface area contributed by atoms with Crippen LogP contribution in [0.25, 0.3) is 22.5 Å². The zero-order chi connectivity index (χ0) is 25.1. The van der Waals surface area contributed by atoms with Gasteiger partial charge in [0.05, 0.1) is 11.4 Å². The summed E-state index contributed by atoms with van der Waals surface area (Å²) in [6.45, 7) is 4.05. The van der Waals surface area contributed by atoms with E-state index in [4.69, 9.17) is 0 Å². The number of aryl methyl sites for hydroxylation is 2. The number of rotatable bonds is 6. The number of nitrogens with one attached hydrogen (secondary N) is 4. The molecule has 36 heavy (non-hydrogen) atoms. The first kappa shape index (κ1) is 22.8. The van der Waals surface area contributed by atoms with E-state index in [1.807, 2.05) is 62.4 Å². The molecule has 0 aliphatic rings. The highest BCUT2D eigenvalue weighted by Crippen LogP contribution is 2.22. The normalized spacial score (nSPS) is 10.7. The van der Waals surface area contributed by atoms with Crippen molar-refractivity contribution in [3.05, 3.63) is 107 Å². The second-order valence-electron chi connectivity index (χ2n) is 8.55. The van der Waals surface area contributed by atoms with Gasteiger partial charge < -0.3 is 10.6 Å². The first-order valence-electron chi connectivity index (χ1n) is 11.4. The minimum atomic E-state index is -0.320. The molecule has 0 spiro atoms. The molecule has 178 valence electrons. The van der Waals surface area contributed by atoms with Gasteiger partial charge >= 0.3 is 0 Å². The predicted molar refractivity (Wildman–Crippen MR) is 140 cm³/mol. The lowest BCUT2D eigenvalue weighted by molar-refractivity contribution is 0.101. The fourth-order valence-corrected chi connectivity index (χ4v) is 3.68. The minimum Gasteiger partial charge on any atom is -0.305 e. The average Bonchev–Trinajstić information content (AvgIpc) is 3.55. The molecule has 0 saturated carbocycles. The molecule has 0 radical (unpaired) electrons. The number of benzene rings is 3.